The maximum Gasteiger partial charge on any atom is 0.244 e. The smallest absolute Gasteiger partial charge is 0.244 e. The van der Waals surface area contributed by atoms with Crippen molar-refractivity contribution < 1.29 is 13.6 Å². The number of furan rings is 1. The molecule has 2 unspecified atom stereocenters. The highest BCUT2D eigenvalue weighted by molar-refractivity contribution is 5.91. The lowest BCUT2D eigenvalue weighted by Gasteiger charge is -2.02. The highest BCUT2D eigenvalue weighted by atomic mass is 19.1. The Balaban J connectivity index is 1.50. The summed E-state index contributed by atoms with van der Waals surface area (Å²) >= 11 is 0. The molecule has 2 atom stereocenters. The standard InChI is InChI=1S/C18H18FNO2/c1-12-10-16(12)17-8-6-15(22-17)7-9-18(21)20-11-13-2-4-14(19)5-3-13/h2-9,12,16H,10-11H2,1H3,(H,20,21)/b9-7+. The first-order chi connectivity index (χ1) is 10.6. The molecule has 3 nitrogen and oxygen atoms in total. The van der Waals surface area contributed by atoms with Gasteiger partial charge in [0.2, 0.25) is 5.91 Å². The van der Waals surface area contributed by atoms with Gasteiger partial charge in [0.05, 0.1) is 0 Å². The number of nitrogens with one attached hydrogen (secondary N) is 1. The Bertz CT molecular complexity index is 687. The summed E-state index contributed by atoms with van der Waals surface area (Å²) in [5.41, 5.74) is 0.853. The molecule has 4 heteroatoms. The van der Waals surface area contributed by atoms with Gasteiger partial charge in [-0.2, -0.15) is 0 Å². The maximum absolute atomic E-state index is 12.8. The third kappa shape index (κ3) is 3.64. The summed E-state index contributed by atoms with van der Waals surface area (Å²) in [6.45, 7) is 2.57. The zero-order valence-electron chi connectivity index (χ0n) is 12.4. The average molecular weight is 299 g/mol. The van der Waals surface area contributed by atoms with Gasteiger partial charge in [-0.1, -0.05) is 19.1 Å². The van der Waals surface area contributed by atoms with E-state index in [1.54, 1.807) is 18.2 Å². The number of benzene rings is 1. The van der Waals surface area contributed by atoms with Crippen LogP contribution in [-0.2, 0) is 11.3 Å². The summed E-state index contributed by atoms with van der Waals surface area (Å²) in [7, 11) is 0. The average Bonchev–Trinajstić information content (AvgIpc) is 3.06. The Morgan fingerprint density at radius 3 is 2.73 bits per heavy atom. The predicted octanol–water partition coefficient (Wildman–Crippen LogP) is 3.87. The Morgan fingerprint density at radius 2 is 2.05 bits per heavy atom. The van der Waals surface area contributed by atoms with Crippen LogP contribution < -0.4 is 5.32 Å². The Kier molecular flexibility index (Phi) is 4.09. The lowest BCUT2D eigenvalue weighted by atomic mass is 10.2. The van der Waals surface area contributed by atoms with Crippen LogP contribution in [0.15, 0.2) is 46.9 Å². The van der Waals surface area contributed by atoms with Crippen molar-refractivity contribution in [3.63, 3.8) is 0 Å². The molecule has 1 aromatic heterocycles. The second-order valence-corrected chi connectivity index (χ2v) is 5.74. The first-order valence-corrected chi connectivity index (χ1v) is 7.42. The molecule has 1 aliphatic rings. The molecule has 1 heterocycles. The molecule has 22 heavy (non-hydrogen) atoms. The van der Waals surface area contributed by atoms with E-state index in [4.69, 9.17) is 4.42 Å². The SMILES string of the molecule is CC1CC1c1ccc(/C=C/C(=O)NCc2ccc(F)cc2)o1. The molecule has 1 saturated carbocycles. The minimum atomic E-state index is -0.284. The molecule has 3 rings (SSSR count). The first kappa shape index (κ1) is 14.6. The number of hydrogen-bond acceptors (Lipinski definition) is 2. The van der Waals surface area contributed by atoms with Gasteiger partial charge in [0.15, 0.2) is 0 Å². The van der Waals surface area contributed by atoms with Gasteiger partial charge in [-0.05, 0) is 48.2 Å². The summed E-state index contributed by atoms with van der Waals surface area (Å²) in [6, 6.07) is 9.90. The molecule has 0 saturated heterocycles. The molecule has 1 N–H and O–H groups in total. The van der Waals surface area contributed by atoms with E-state index in [9.17, 15) is 9.18 Å². The molecule has 0 radical (unpaired) electrons. The fraction of sp³-hybridized carbons (Fsp3) is 0.278. The van der Waals surface area contributed by atoms with Crippen LogP contribution in [0.1, 0.15) is 36.3 Å². The van der Waals surface area contributed by atoms with Crippen molar-refractivity contribution in [3.8, 4) is 0 Å². The summed E-state index contributed by atoms with van der Waals surface area (Å²) in [5.74, 6) is 2.43. The van der Waals surface area contributed by atoms with E-state index < -0.39 is 0 Å². The van der Waals surface area contributed by atoms with Crippen molar-refractivity contribution >= 4 is 12.0 Å². The first-order valence-electron chi connectivity index (χ1n) is 7.42. The van der Waals surface area contributed by atoms with Gasteiger partial charge in [-0.3, -0.25) is 4.79 Å². The molecule has 1 fully saturated rings. The predicted molar refractivity (Wildman–Crippen MR) is 82.5 cm³/mol. The zero-order chi connectivity index (χ0) is 15.5. The van der Waals surface area contributed by atoms with Gasteiger partial charge < -0.3 is 9.73 Å². The van der Waals surface area contributed by atoms with Crippen LogP contribution in [0.4, 0.5) is 4.39 Å². The molecule has 1 aromatic carbocycles. The van der Waals surface area contributed by atoms with E-state index in [1.807, 2.05) is 12.1 Å². The lowest BCUT2D eigenvalue weighted by Crippen LogP contribution is -2.20. The van der Waals surface area contributed by atoms with Gasteiger partial charge in [0.25, 0.3) is 0 Å². The molecular formula is C18H18FNO2. The van der Waals surface area contributed by atoms with Crippen molar-refractivity contribution in [2.45, 2.75) is 25.8 Å². The van der Waals surface area contributed by atoms with Crippen molar-refractivity contribution in [3.05, 3.63) is 65.4 Å². The zero-order valence-corrected chi connectivity index (χ0v) is 12.4. The molecule has 0 spiro atoms. The molecule has 0 aliphatic heterocycles. The van der Waals surface area contributed by atoms with Crippen LogP contribution in [0, 0.1) is 11.7 Å². The number of carbonyl (C=O) groups is 1. The molecule has 1 amide bonds. The van der Waals surface area contributed by atoms with Gasteiger partial charge >= 0.3 is 0 Å². The number of carbonyl (C=O) groups excluding carboxylic acids is 1. The van der Waals surface area contributed by atoms with Crippen LogP contribution in [-0.4, -0.2) is 5.91 Å². The van der Waals surface area contributed by atoms with Crippen LogP contribution in [0.2, 0.25) is 0 Å². The fourth-order valence-electron chi connectivity index (χ4n) is 2.38. The third-order valence-corrected chi connectivity index (χ3v) is 3.90. The number of rotatable bonds is 5. The fourth-order valence-corrected chi connectivity index (χ4v) is 2.38. The molecule has 1 aliphatic carbocycles. The van der Waals surface area contributed by atoms with E-state index in [2.05, 4.69) is 12.2 Å². The van der Waals surface area contributed by atoms with Crippen LogP contribution in [0.25, 0.3) is 6.08 Å². The number of hydrogen-bond donors (Lipinski definition) is 1. The Hall–Kier alpha value is -2.36. The summed E-state index contributed by atoms with van der Waals surface area (Å²) in [6.07, 6.45) is 4.29. The lowest BCUT2D eigenvalue weighted by molar-refractivity contribution is -0.116. The Morgan fingerprint density at radius 1 is 1.32 bits per heavy atom. The minimum absolute atomic E-state index is 0.206. The van der Waals surface area contributed by atoms with E-state index in [0.717, 1.165) is 11.3 Å². The maximum atomic E-state index is 12.8. The highest BCUT2D eigenvalue weighted by Crippen LogP contribution is 2.47. The minimum Gasteiger partial charge on any atom is -0.461 e. The summed E-state index contributed by atoms with van der Waals surface area (Å²) in [5, 5.41) is 2.75. The van der Waals surface area contributed by atoms with Crippen molar-refractivity contribution in [1.82, 2.24) is 5.32 Å². The molecular weight excluding hydrogens is 281 g/mol. The van der Waals surface area contributed by atoms with Crippen molar-refractivity contribution in [1.29, 1.82) is 0 Å². The summed E-state index contributed by atoms with van der Waals surface area (Å²) < 4.78 is 18.5. The highest BCUT2D eigenvalue weighted by Gasteiger charge is 2.36. The number of halogens is 1. The quantitative estimate of drug-likeness (QED) is 0.852. The second-order valence-electron chi connectivity index (χ2n) is 5.74. The van der Waals surface area contributed by atoms with E-state index >= 15 is 0 Å². The van der Waals surface area contributed by atoms with Crippen LogP contribution in [0.5, 0.6) is 0 Å². The monoisotopic (exact) mass is 299 g/mol. The van der Waals surface area contributed by atoms with E-state index in [0.29, 0.717) is 24.1 Å². The van der Waals surface area contributed by atoms with Gasteiger partial charge in [0.1, 0.15) is 17.3 Å². The molecule has 114 valence electrons. The van der Waals surface area contributed by atoms with Gasteiger partial charge in [-0.25, -0.2) is 4.39 Å². The number of amides is 1. The van der Waals surface area contributed by atoms with Crippen LogP contribution in [0.3, 0.4) is 0 Å². The van der Waals surface area contributed by atoms with Crippen LogP contribution >= 0.6 is 0 Å². The molecule has 0 bridgehead atoms. The van der Waals surface area contributed by atoms with Gasteiger partial charge in [0, 0.05) is 18.5 Å². The topological polar surface area (TPSA) is 42.2 Å². The third-order valence-electron chi connectivity index (χ3n) is 3.90. The van der Waals surface area contributed by atoms with E-state index in [1.165, 1.54) is 24.6 Å². The van der Waals surface area contributed by atoms with E-state index in [-0.39, 0.29) is 11.7 Å². The normalized spacial score (nSPS) is 20.3. The van der Waals surface area contributed by atoms with Crippen molar-refractivity contribution in [2.75, 3.05) is 0 Å². The van der Waals surface area contributed by atoms with Gasteiger partial charge in [-0.15, -0.1) is 0 Å². The second kappa shape index (κ2) is 6.18. The van der Waals surface area contributed by atoms with Crippen molar-refractivity contribution in [2.24, 2.45) is 5.92 Å². The largest absolute Gasteiger partial charge is 0.461 e. The molecule has 2 aromatic rings. The summed E-state index contributed by atoms with van der Waals surface area (Å²) in [4.78, 5) is 11.7. The Labute approximate surface area is 128 Å².